The second kappa shape index (κ2) is 7.78. The van der Waals surface area contributed by atoms with Gasteiger partial charge in [-0.2, -0.15) is 0 Å². The van der Waals surface area contributed by atoms with Gasteiger partial charge in [-0.25, -0.2) is 14.1 Å². The second-order valence-electron chi connectivity index (χ2n) is 5.84. The summed E-state index contributed by atoms with van der Waals surface area (Å²) < 4.78 is 18.6. The molecule has 1 aliphatic rings. The second-order valence-corrected chi connectivity index (χ2v) is 5.84. The van der Waals surface area contributed by atoms with Crippen LogP contribution in [-0.2, 0) is 9.59 Å². The van der Waals surface area contributed by atoms with Crippen LogP contribution >= 0.6 is 0 Å². The molecule has 1 heterocycles. The van der Waals surface area contributed by atoms with Gasteiger partial charge in [-0.1, -0.05) is 18.2 Å². The maximum absolute atomic E-state index is 13.6. The third-order valence-corrected chi connectivity index (χ3v) is 3.93. The van der Waals surface area contributed by atoms with Crippen molar-refractivity contribution in [2.24, 2.45) is 0 Å². The molecule has 1 aliphatic heterocycles. The maximum Gasteiger partial charge on any atom is 0.329 e. The number of aromatic hydroxyl groups is 1. The Morgan fingerprint density at radius 1 is 1.29 bits per heavy atom. The molecule has 28 heavy (non-hydrogen) atoms. The number of urea groups is 1. The summed E-state index contributed by atoms with van der Waals surface area (Å²) in [5.41, 5.74) is 0.402. The molecular weight excluding hydrogens is 369 g/mol. The fraction of sp³-hybridized carbons (Fsp3) is 0.105. The van der Waals surface area contributed by atoms with Gasteiger partial charge in [-0.15, -0.1) is 0 Å². The van der Waals surface area contributed by atoms with Crippen molar-refractivity contribution >= 4 is 29.6 Å². The first kappa shape index (κ1) is 18.9. The zero-order valence-electron chi connectivity index (χ0n) is 14.7. The number of hydrogen-bond acceptors (Lipinski definition) is 5. The van der Waals surface area contributed by atoms with Gasteiger partial charge in [0, 0.05) is 0 Å². The van der Waals surface area contributed by atoms with Gasteiger partial charge in [-0.05, 0) is 35.9 Å². The van der Waals surface area contributed by atoms with Crippen molar-refractivity contribution in [3.8, 4) is 11.5 Å². The molecule has 9 heteroatoms. The Morgan fingerprint density at radius 3 is 2.75 bits per heavy atom. The van der Waals surface area contributed by atoms with E-state index in [1.54, 1.807) is 6.07 Å². The lowest BCUT2D eigenvalue weighted by molar-refractivity contribution is -0.127. The van der Waals surface area contributed by atoms with Gasteiger partial charge in [0.05, 0.1) is 12.8 Å². The van der Waals surface area contributed by atoms with Gasteiger partial charge in [0.1, 0.15) is 18.1 Å². The lowest BCUT2D eigenvalue weighted by Gasteiger charge is -2.12. The quantitative estimate of drug-likeness (QED) is 0.539. The van der Waals surface area contributed by atoms with E-state index in [9.17, 15) is 23.9 Å². The average molecular weight is 385 g/mol. The van der Waals surface area contributed by atoms with Gasteiger partial charge in [-0.3, -0.25) is 9.59 Å². The number of carbonyl (C=O) groups excluding carboxylic acids is 3. The number of ether oxygens (including phenoxy) is 1. The van der Waals surface area contributed by atoms with Crippen LogP contribution in [0.4, 0.5) is 14.9 Å². The van der Waals surface area contributed by atoms with E-state index >= 15 is 0 Å². The molecule has 2 aromatic carbocycles. The summed E-state index contributed by atoms with van der Waals surface area (Å²) in [7, 11) is 1.38. The molecule has 0 atom stereocenters. The molecule has 0 unspecified atom stereocenters. The minimum absolute atomic E-state index is 0.0450. The highest BCUT2D eigenvalue weighted by Crippen LogP contribution is 2.27. The van der Waals surface area contributed by atoms with Crippen LogP contribution in [-0.4, -0.2) is 41.5 Å². The zero-order chi connectivity index (χ0) is 20.3. The first-order valence-electron chi connectivity index (χ1n) is 8.15. The number of nitrogens with zero attached hydrogens (tertiary/aromatic N) is 1. The van der Waals surface area contributed by atoms with Gasteiger partial charge in [0.2, 0.25) is 5.91 Å². The fourth-order valence-electron chi connectivity index (χ4n) is 2.56. The SMILES string of the molecule is COc1cc(/C=C2/NC(=O)N(CC(=O)Nc3ccccc3F)C2=O)ccc1O. The highest BCUT2D eigenvalue weighted by molar-refractivity contribution is 6.15. The third-order valence-electron chi connectivity index (χ3n) is 3.93. The van der Waals surface area contributed by atoms with Crippen LogP contribution in [0, 0.1) is 5.82 Å². The van der Waals surface area contributed by atoms with Crippen molar-refractivity contribution in [2.45, 2.75) is 0 Å². The summed E-state index contributed by atoms with van der Waals surface area (Å²) in [5.74, 6) is -1.93. The fourth-order valence-corrected chi connectivity index (χ4v) is 2.56. The van der Waals surface area contributed by atoms with Gasteiger partial charge < -0.3 is 20.5 Å². The van der Waals surface area contributed by atoms with E-state index in [1.165, 1.54) is 49.6 Å². The minimum Gasteiger partial charge on any atom is -0.504 e. The first-order chi connectivity index (χ1) is 13.4. The molecule has 0 bridgehead atoms. The van der Waals surface area contributed by atoms with Crippen molar-refractivity contribution in [1.29, 1.82) is 0 Å². The first-order valence-corrected chi connectivity index (χ1v) is 8.15. The van der Waals surface area contributed by atoms with E-state index in [4.69, 9.17) is 4.74 Å². The molecule has 4 amide bonds. The lowest BCUT2D eigenvalue weighted by atomic mass is 10.1. The predicted octanol–water partition coefficient (Wildman–Crippen LogP) is 2.07. The van der Waals surface area contributed by atoms with E-state index in [-0.39, 0.29) is 22.9 Å². The van der Waals surface area contributed by atoms with Crippen LogP contribution in [0.25, 0.3) is 6.08 Å². The van der Waals surface area contributed by atoms with E-state index in [0.717, 1.165) is 0 Å². The summed E-state index contributed by atoms with van der Waals surface area (Å²) >= 11 is 0. The molecule has 8 nitrogen and oxygen atoms in total. The minimum atomic E-state index is -0.773. The topological polar surface area (TPSA) is 108 Å². The van der Waals surface area contributed by atoms with Crippen molar-refractivity contribution in [3.05, 3.63) is 59.5 Å². The Balaban J connectivity index is 1.73. The van der Waals surface area contributed by atoms with Crippen LogP contribution in [0.1, 0.15) is 5.56 Å². The number of phenolic OH excluding ortho intramolecular Hbond substituents is 1. The molecule has 3 N–H and O–H groups in total. The number of amides is 4. The van der Waals surface area contributed by atoms with Gasteiger partial charge in [0.25, 0.3) is 5.91 Å². The van der Waals surface area contributed by atoms with Crippen LogP contribution in [0.15, 0.2) is 48.2 Å². The van der Waals surface area contributed by atoms with Gasteiger partial charge >= 0.3 is 6.03 Å². The number of para-hydroxylation sites is 1. The molecule has 1 fully saturated rings. The Bertz CT molecular complexity index is 989. The number of methoxy groups -OCH3 is 1. The number of imide groups is 1. The van der Waals surface area contributed by atoms with Gasteiger partial charge in [0.15, 0.2) is 11.5 Å². The molecule has 3 rings (SSSR count). The Kier molecular flexibility index (Phi) is 5.25. The number of anilines is 1. The molecule has 0 radical (unpaired) electrons. The summed E-state index contributed by atoms with van der Waals surface area (Å²) in [6.45, 7) is -0.574. The van der Waals surface area contributed by atoms with Crippen LogP contribution in [0.3, 0.4) is 0 Å². The number of rotatable bonds is 5. The Morgan fingerprint density at radius 2 is 2.04 bits per heavy atom. The number of nitrogens with one attached hydrogen (secondary N) is 2. The summed E-state index contributed by atoms with van der Waals surface area (Å²) in [6.07, 6.45) is 1.39. The third kappa shape index (κ3) is 3.93. The van der Waals surface area contributed by atoms with Crippen molar-refractivity contribution < 1.29 is 28.6 Å². The van der Waals surface area contributed by atoms with E-state index in [2.05, 4.69) is 10.6 Å². The molecular formula is C19H16FN3O5. The van der Waals surface area contributed by atoms with Crippen LogP contribution in [0.5, 0.6) is 11.5 Å². The Labute approximate surface area is 159 Å². The number of carbonyl (C=O) groups is 3. The number of benzene rings is 2. The monoisotopic (exact) mass is 385 g/mol. The predicted molar refractivity (Wildman–Crippen MR) is 97.9 cm³/mol. The van der Waals surface area contributed by atoms with E-state index < -0.39 is 30.2 Å². The van der Waals surface area contributed by atoms with Crippen LogP contribution in [0.2, 0.25) is 0 Å². The summed E-state index contributed by atoms with van der Waals surface area (Å²) in [4.78, 5) is 37.3. The Hall–Kier alpha value is -3.88. The van der Waals surface area contributed by atoms with Crippen molar-refractivity contribution in [1.82, 2.24) is 10.2 Å². The number of phenols is 1. The molecule has 0 aliphatic carbocycles. The molecule has 0 spiro atoms. The van der Waals surface area contributed by atoms with E-state index in [0.29, 0.717) is 10.5 Å². The smallest absolute Gasteiger partial charge is 0.329 e. The van der Waals surface area contributed by atoms with Crippen LogP contribution < -0.4 is 15.4 Å². The molecule has 0 saturated carbocycles. The molecule has 0 aromatic heterocycles. The molecule has 144 valence electrons. The lowest BCUT2D eigenvalue weighted by Crippen LogP contribution is -2.38. The average Bonchev–Trinajstić information content (AvgIpc) is 2.92. The molecule has 1 saturated heterocycles. The standard InChI is InChI=1S/C19H16FN3O5/c1-28-16-9-11(6-7-15(16)24)8-14-18(26)23(19(27)22-14)10-17(25)21-13-5-3-2-4-12(13)20/h2-9,24H,10H2,1H3,(H,21,25)(H,22,27)/b14-8+. The normalized spacial score (nSPS) is 14.9. The van der Waals surface area contributed by atoms with Crippen molar-refractivity contribution in [2.75, 3.05) is 19.0 Å². The largest absolute Gasteiger partial charge is 0.504 e. The molecule has 2 aromatic rings. The number of halogens is 1. The summed E-state index contributed by atoms with van der Waals surface area (Å²) in [6, 6.07) is 9.17. The highest BCUT2D eigenvalue weighted by Gasteiger charge is 2.35. The zero-order valence-corrected chi connectivity index (χ0v) is 14.7. The van der Waals surface area contributed by atoms with E-state index in [1.807, 2.05) is 0 Å². The van der Waals surface area contributed by atoms with Crippen molar-refractivity contribution in [3.63, 3.8) is 0 Å². The highest BCUT2D eigenvalue weighted by atomic mass is 19.1. The summed E-state index contributed by atoms with van der Waals surface area (Å²) in [5, 5.41) is 14.3. The maximum atomic E-state index is 13.6. The number of hydrogen-bond donors (Lipinski definition) is 3.